The number of hydrogen-bond acceptors (Lipinski definition) is 10. The quantitative estimate of drug-likeness (QED) is 0.175. The van der Waals surface area contributed by atoms with Crippen LogP contribution in [0.1, 0.15) is 50.2 Å². The molecule has 2 aromatic carbocycles. The van der Waals surface area contributed by atoms with Crippen LogP contribution >= 0.6 is 0 Å². The molecule has 0 unspecified atom stereocenters. The van der Waals surface area contributed by atoms with E-state index in [0.717, 1.165) is 54.4 Å². The van der Waals surface area contributed by atoms with Crippen LogP contribution in [0.2, 0.25) is 0 Å². The Labute approximate surface area is 335 Å². The average molecular weight is 778 g/mol. The van der Waals surface area contributed by atoms with Gasteiger partial charge in [-0.05, 0) is 94.5 Å². The Morgan fingerprint density at radius 1 is 0.649 bits per heavy atom. The fraction of sp³-hybridized carbons (Fsp3) is 0.395. The second kappa shape index (κ2) is 20.5. The first-order chi connectivity index (χ1) is 27.4. The summed E-state index contributed by atoms with van der Waals surface area (Å²) in [5.74, 6) is -0.543. The molecule has 6 rings (SSSR count). The smallest absolute Gasteiger partial charge is 0.339 e. The lowest BCUT2D eigenvalue weighted by atomic mass is 10.1. The number of carbonyl (C=O) groups is 4. The van der Waals surface area contributed by atoms with Gasteiger partial charge in [0, 0.05) is 81.7 Å². The van der Waals surface area contributed by atoms with E-state index in [4.69, 9.17) is 10.5 Å². The third-order valence-corrected chi connectivity index (χ3v) is 9.94. The molecular formula is C43H55N9O5. The van der Waals surface area contributed by atoms with Gasteiger partial charge in [-0.2, -0.15) is 0 Å². The largest absolute Gasteiger partial charge is 0.462 e. The van der Waals surface area contributed by atoms with Crippen LogP contribution in [0, 0.1) is 13.8 Å². The van der Waals surface area contributed by atoms with Crippen molar-refractivity contribution in [1.82, 2.24) is 29.6 Å². The SMILES string of the molecule is CCOC(=O)c1ccc(CN(C(=O)N2CCN(C)CC2)c2cccc(C)c2)nc1.Cc1cccc(N(Cc2ccc(C(=O)CN)cn2)C(=O)N2CCN(C)CC2)c1. The number of benzene rings is 2. The molecule has 2 N–H and O–H groups in total. The van der Waals surface area contributed by atoms with Crippen molar-refractivity contribution in [2.75, 3.05) is 89.4 Å². The average Bonchev–Trinajstić information content (AvgIpc) is 3.22. The van der Waals surface area contributed by atoms with E-state index in [1.165, 1.54) is 12.4 Å². The number of likely N-dealkylation sites (N-methyl/N-ethyl adjacent to an activating group) is 2. The molecule has 4 aromatic rings. The van der Waals surface area contributed by atoms with Crippen molar-refractivity contribution in [3.63, 3.8) is 0 Å². The molecule has 14 heteroatoms. The van der Waals surface area contributed by atoms with Crippen molar-refractivity contribution in [3.05, 3.63) is 119 Å². The van der Waals surface area contributed by atoms with Crippen LogP contribution < -0.4 is 15.5 Å². The minimum absolute atomic E-state index is 0.0254. The van der Waals surface area contributed by atoms with Gasteiger partial charge in [-0.15, -0.1) is 0 Å². The summed E-state index contributed by atoms with van der Waals surface area (Å²) in [5.41, 5.74) is 11.6. The Kier molecular flexibility index (Phi) is 15.2. The van der Waals surface area contributed by atoms with E-state index in [1.807, 2.05) is 72.2 Å². The molecule has 2 aliphatic rings. The molecular weight excluding hydrogens is 723 g/mol. The minimum Gasteiger partial charge on any atom is -0.462 e. The van der Waals surface area contributed by atoms with E-state index in [0.29, 0.717) is 62.7 Å². The predicted molar refractivity (Wildman–Crippen MR) is 221 cm³/mol. The standard InChI is InChI=1S/C22H28N4O3.C21H27N5O2/c1-4-29-21(27)18-8-9-19(23-15-18)16-26(20-7-5-6-17(2)14-20)22(28)25-12-10-24(3)11-13-25;1-16-4-3-5-19(12-16)26(21(28)25-10-8-24(2)9-11-25)15-18-7-6-17(14-23-18)20(27)13-22/h5-9,14-15H,4,10-13,16H2,1-3H3;3-7,12,14H,8-11,13,15,22H2,1-2H3. The second-order valence-corrected chi connectivity index (χ2v) is 14.4. The first kappa shape index (κ1) is 42.4. The van der Waals surface area contributed by atoms with Crippen LogP contribution in [0.5, 0.6) is 0 Å². The number of nitrogens with two attached hydrogens (primary N) is 1. The molecule has 2 saturated heterocycles. The Morgan fingerprint density at radius 3 is 1.46 bits per heavy atom. The monoisotopic (exact) mass is 777 g/mol. The number of piperazine rings is 2. The Balaban J connectivity index is 0.000000218. The number of ketones is 1. The number of nitrogens with zero attached hydrogens (tertiary/aromatic N) is 8. The van der Waals surface area contributed by atoms with Crippen LogP contribution in [0.3, 0.4) is 0 Å². The lowest BCUT2D eigenvalue weighted by molar-refractivity contribution is 0.0525. The van der Waals surface area contributed by atoms with Crippen LogP contribution in [0.25, 0.3) is 0 Å². The lowest BCUT2D eigenvalue weighted by Gasteiger charge is -2.36. The molecule has 2 fully saturated rings. The van der Waals surface area contributed by atoms with Gasteiger partial charge in [0.15, 0.2) is 5.78 Å². The first-order valence-corrected chi connectivity index (χ1v) is 19.4. The Bertz CT molecular complexity index is 1960. The molecule has 0 bridgehead atoms. The third-order valence-electron chi connectivity index (χ3n) is 9.94. The molecule has 0 spiro atoms. The number of aryl methyl sites for hydroxylation is 2. The number of carbonyl (C=O) groups excluding carboxylic acids is 4. The Hall–Kier alpha value is -5.70. The summed E-state index contributed by atoms with van der Waals surface area (Å²) in [5, 5.41) is 0. The highest BCUT2D eigenvalue weighted by molar-refractivity contribution is 5.97. The number of urea groups is 2. The van der Waals surface area contributed by atoms with Crippen LogP contribution in [0.15, 0.2) is 85.2 Å². The Morgan fingerprint density at radius 2 is 1.09 bits per heavy atom. The molecule has 4 heterocycles. The zero-order chi connectivity index (χ0) is 40.9. The number of hydrogen-bond donors (Lipinski definition) is 1. The fourth-order valence-electron chi connectivity index (χ4n) is 6.45. The van der Waals surface area contributed by atoms with Crippen molar-refractivity contribution in [2.24, 2.45) is 5.73 Å². The second-order valence-electron chi connectivity index (χ2n) is 14.4. The molecule has 4 amide bonds. The lowest BCUT2D eigenvalue weighted by Crippen LogP contribution is -2.52. The van der Waals surface area contributed by atoms with E-state index >= 15 is 0 Å². The van der Waals surface area contributed by atoms with E-state index in [9.17, 15) is 19.2 Å². The zero-order valence-electron chi connectivity index (χ0n) is 33.8. The number of aromatic nitrogens is 2. The van der Waals surface area contributed by atoms with Gasteiger partial charge in [0.05, 0.1) is 43.2 Å². The molecule has 0 atom stereocenters. The number of esters is 1. The van der Waals surface area contributed by atoms with E-state index in [-0.39, 0.29) is 24.4 Å². The van der Waals surface area contributed by atoms with Crippen molar-refractivity contribution >= 4 is 35.2 Å². The van der Waals surface area contributed by atoms with E-state index in [1.54, 1.807) is 41.0 Å². The highest BCUT2D eigenvalue weighted by atomic mass is 16.5. The summed E-state index contributed by atoms with van der Waals surface area (Å²) in [6, 6.07) is 22.7. The van der Waals surface area contributed by atoms with Gasteiger partial charge in [0.2, 0.25) is 0 Å². The normalized spacial score (nSPS) is 14.6. The number of rotatable bonds is 10. The van der Waals surface area contributed by atoms with E-state index < -0.39 is 5.97 Å². The van der Waals surface area contributed by atoms with Gasteiger partial charge in [0.25, 0.3) is 0 Å². The van der Waals surface area contributed by atoms with Crippen molar-refractivity contribution in [3.8, 4) is 0 Å². The zero-order valence-corrected chi connectivity index (χ0v) is 33.8. The van der Waals surface area contributed by atoms with E-state index in [2.05, 4.69) is 33.9 Å². The van der Waals surface area contributed by atoms with Gasteiger partial charge < -0.3 is 30.1 Å². The third kappa shape index (κ3) is 11.9. The summed E-state index contributed by atoms with van der Waals surface area (Å²) in [4.78, 5) is 70.6. The van der Waals surface area contributed by atoms with Gasteiger partial charge in [0.1, 0.15) is 0 Å². The van der Waals surface area contributed by atoms with Crippen LogP contribution in [-0.2, 0) is 17.8 Å². The number of ether oxygens (including phenoxy) is 1. The number of Topliss-reactive ketones (excluding diaryl/α,β-unsaturated/α-hetero) is 1. The molecule has 0 aliphatic carbocycles. The molecule has 0 saturated carbocycles. The maximum Gasteiger partial charge on any atom is 0.339 e. The summed E-state index contributed by atoms with van der Waals surface area (Å²) in [6.45, 7) is 13.0. The highest BCUT2D eigenvalue weighted by Gasteiger charge is 2.27. The molecule has 2 aromatic heterocycles. The van der Waals surface area contributed by atoms with Crippen molar-refractivity contribution in [2.45, 2.75) is 33.9 Å². The summed E-state index contributed by atoms with van der Waals surface area (Å²) in [7, 11) is 4.13. The highest BCUT2D eigenvalue weighted by Crippen LogP contribution is 2.23. The topological polar surface area (TPSA) is 149 Å². The van der Waals surface area contributed by atoms with Crippen molar-refractivity contribution < 1.29 is 23.9 Å². The van der Waals surface area contributed by atoms with Crippen molar-refractivity contribution in [1.29, 1.82) is 0 Å². The summed E-state index contributed by atoms with van der Waals surface area (Å²) >= 11 is 0. The van der Waals surface area contributed by atoms with Gasteiger partial charge in [-0.25, -0.2) is 14.4 Å². The van der Waals surface area contributed by atoms with Crippen LogP contribution in [0.4, 0.5) is 21.0 Å². The first-order valence-electron chi connectivity index (χ1n) is 19.4. The maximum atomic E-state index is 13.3. The fourth-order valence-corrected chi connectivity index (χ4v) is 6.45. The molecule has 302 valence electrons. The maximum absolute atomic E-state index is 13.3. The van der Waals surface area contributed by atoms with Gasteiger partial charge in [-0.1, -0.05) is 24.3 Å². The molecule has 14 nitrogen and oxygen atoms in total. The summed E-state index contributed by atoms with van der Waals surface area (Å²) < 4.78 is 5.00. The molecule has 57 heavy (non-hydrogen) atoms. The number of amides is 4. The predicted octanol–water partition coefficient (Wildman–Crippen LogP) is 4.85. The molecule has 2 aliphatic heterocycles. The summed E-state index contributed by atoms with van der Waals surface area (Å²) in [6.07, 6.45) is 3.03. The van der Waals surface area contributed by atoms with Gasteiger partial charge >= 0.3 is 18.0 Å². The minimum atomic E-state index is -0.393. The number of anilines is 2. The molecule has 0 radical (unpaired) electrons. The van der Waals surface area contributed by atoms with Gasteiger partial charge in [-0.3, -0.25) is 24.6 Å². The van der Waals surface area contributed by atoms with Crippen LogP contribution in [-0.4, -0.2) is 133 Å². The number of pyridine rings is 2.